The van der Waals surface area contributed by atoms with Crippen molar-refractivity contribution in [3.63, 3.8) is 0 Å². The number of hydrogen-bond acceptors (Lipinski definition) is 3. The van der Waals surface area contributed by atoms with Gasteiger partial charge in [0.1, 0.15) is 5.75 Å². The van der Waals surface area contributed by atoms with Crippen LogP contribution in [0.25, 0.3) is 0 Å². The summed E-state index contributed by atoms with van der Waals surface area (Å²) in [6, 6.07) is 6.54. The summed E-state index contributed by atoms with van der Waals surface area (Å²) in [7, 11) is 0. The summed E-state index contributed by atoms with van der Waals surface area (Å²) in [5.41, 5.74) is 2.41. The van der Waals surface area contributed by atoms with Crippen LogP contribution < -0.4 is 10.1 Å². The molecule has 114 valence electrons. The number of carbonyl (C=O) groups excluding carboxylic acids is 1. The number of piperidine rings is 1. The van der Waals surface area contributed by atoms with E-state index in [0.717, 1.165) is 24.3 Å². The summed E-state index contributed by atoms with van der Waals surface area (Å²) in [5.74, 6) is 0.958. The van der Waals surface area contributed by atoms with E-state index in [0.29, 0.717) is 6.61 Å². The normalized spacial score (nSPS) is 22.2. The second-order valence-electron chi connectivity index (χ2n) is 6.10. The molecule has 1 fully saturated rings. The largest absolute Gasteiger partial charge is 0.493 e. The molecule has 4 nitrogen and oxygen atoms in total. The molecule has 21 heavy (non-hydrogen) atoms. The molecule has 0 aromatic heterocycles. The quantitative estimate of drug-likeness (QED) is 0.929. The van der Waals surface area contributed by atoms with Gasteiger partial charge in [0.05, 0.1) is 12.6 Å². The molecular weight excluding hydrogens is 264 g/mol. The molecule has 0 saturated carbocycles. The van der Waals surface area contributed by atoms with Gasteiger partial charge in [-0.25, -0.2) is 0 Å². The van der Waals surface area contributed by atoms with Crippen LogP contribution in [0.4, 0.5) is 0 Å². The van der Waals surface area contributed by atoms with E-state index in [4.69, 9.17) is 4.74 Å². The number of hydrogen-bond donors (Lipinski definition) is 1. The van der Waals surface area contributed by atoms with E-state index >= 15 is 0 Å². The topological polar surface area (TPSA) is 41.6 Å². The van der Waals surface area contributed by atoms with E-state index < -0.39 is 0 Å². The van der Waals surface area contributed by atoms with Gasteiger partial charge in [0.2, 0.25) is 5.91 Å². The minimum Gasteiger partial charge on any atom is -0.493 e. The Morgan fingerprint density at radius 2 is 2.14 bits per heavy atom. The number of rotatable bonds is 3. The van der Waals surface area contributed by atoms with Crippen molar-refractivity contribution >= 4 is 5.91 Å². The Kier molecular flexibility index (Phi) is 4.44. The average molecular weight is 288 g/mol. The highest BCUT2D eigenvalue weighted by atomic mass is 16.5. The molecule has 3 rings (SSSR count). The van der Waals surface area contributed by atoms with Crippen LogP contribution in [-0.2, 0) is 11.3 Å². The molecule has 2 aliphatic rings. The third kappa shape index (κ3) is 3.56. The van der Waals surface area contributed by atoms with Crippen molar-refractivity contribution in [2.45, 2.75) is 45.2 Å². The predicted octanol–water partition coefficient (Wildman–Crippen LogP) is 2.63. The van der Waals surface area contributed by atoms with Gasteiger partial charge in [-0.05, 0) is 37.6 Å². The van der Waals surface area contributed by atoms with E-state index in [1.54, 1.807) is 6.92 Å². The number of fused-ring (bicyclic) bond motifs is 1. The lowest BCUT2D eigenvalue weighted by atomic mass is 9.98. The maximum atomic E-state index is 11.3. The van der Waals surface area contributed by atoms with Gasteiger partial charge in [-0.1, -0.05) is 18.6 Å². The first-order valence-corrected chi connectivity index (χ1v) is 7.97. The van der Waals surface area contributed by atoms with Crippen LogP contribution >= 0.6 is 0 Å². The van der Waals surface area contributed by atoms with Crippen molar-refractivity contribution in [3.8, 4) is 5.75 Å². The van der Waals surface area contributed by atoms with Crippen LogP contribution in [0.3, 0.4) is 0 Å². The highest BCUT2D eigenvalue weighted by Crippen LogP contribution is 2.33. The van der Waals surface area contributed by atoms with E-state index in [1.165, 1.54) is 37.9 Å². The number of benzene rings is 1. The first kappa shape index (κ1) is 14.4. The Hall–Kier alpha value is -1.55. The number of likely N-dealkylation sites (tertiary alicyclic amines) is 1. The van der Waals surface area contributed by atoms with Crippen LogP contribution in [0.15, 0.2) is 18.2 Å². The van der Waals surface area contributed by atoms with Gasteiger partial charge in [-0.2, -0.15) is 0 Å². The van der Waals surface area contributed by atoms with E-state index in [-0.39, 0.29) is 11.9 Å². The molecule has 2 heterocycles. The van der Waals surface area contributed by atoms with Gasteiger partial charge >= 0.3 is 0 Å². The van der Waals surface area contributed by atoms with Crippen molar-refractivity contribution in [2.24, 2.45) is 0 Å². The van der Waals surface area contributed by atoms with Gasteiger partial charge in [0.25, 0.3) is 0 Å². The first-order chi connectivity index (χ1) is 10.2. The number of nitrogens with zero attached hydrogens (tertiary/aromatic N) is 1. The summed E-state index contributed by atoms with van der Waals surface area (Å²) in [6.07, 6.45) is 4.83. The Bertz CT molecular complexity index is 510. The second kappa shape index (κ2) is 6.48. The number of amides is 1. The summed E-state index contributed by atoms with van der Waals surface area (Å²) in [4.78, 5) is 13.8. The zero-order valence-corrected chi connectivity index (χ0v) is 12.7. The van der Waals surface area contributed by atoms with Crippen molar-refractivity contribution < 1.29 is 9.53 Å². The fourth-order valence-electron chi connectivity index (χ4n) is 3.30. The molecule has 0 spiro atoms. The van der Waals surface area contributed by atoms with Crippen molar-refractivity contribution in [2.75, 3.05) is 19.7 Å². The third-order valence-corrected chi connectivity index (χ3v) is 4.35. The van der Waals surface area contributed by atoms with Crippen LogP contribution in [0, 0.1) is 0 Å². The minimum absolute atomic E-state index is 0.0187. The van der Waals surface area contributed by atoms with Gasteiger partial charge in [-0.3, -0.25) is 9.69 Å². The number of ether oxygens (including phenoxy) is 1. The Balaban J connectivity index is 1.72. The minimum atomic E-state index is 0.0187. The third-order valence-electron chi connectivity index (χ3n) is 4.35. The van der Waals surface area contributed by atoms with Gasteiger partial charge in [0, 0.05) is 25.5 Å². The maximum absolute atomic E-state index is 11.3. The Morgan fingerprint density at radius 3 is 2.90 bits per heavy atom. The highest BCUT2D eigenvalue weighted by molar-refractivity contribution is 5.73. The SMILES string of the molecule is CC(=O)N[C@@H]1CCOc2cc(CN3CCCCC3)ccc21. The lowest BCUT2D eigenvalue weighted by Gasteiger charge is -2.29. The molecule has 4 heteroatoms. The molecule has 1 aromatic rings. The van der Waals surface area contributed by atoms with Crippen LogP contribution in [0.1, 0.15) is 49.8 Å². The van der Waals surface area contributed by atoms with Crippen LogP contribution in [0.5, 0.6) is 5.75 Å². The van der Waals surface area contributed by atoms with Crippen molar-refractivity contribution in [1.29, 1.82) is 0 Å². The fourth-order valence-corrected chi connectivity index (χ4v) is 3.30. The standard InChI is InChI=1S/C17H24N2O2/c1-13(20)18-16-7-10-21-17-11-14(5-6-15(16)17)12-19-8-3-2-4-9-19/h5-6,11,16H,2-4,7-10,12H2,1H3,(H,18,20)/t16-/m1/s1. The van der Waals surface area contributed by atoms with Gasteiger partial charge < -0.3 is 10.1 Å². The molecule has 0 unspecified atom stereocenters. The summed E-state index contributed by atoms with van der Waals surface area (Å²) >= 11 is 0. The van der Waals surface area contributed by atoms with Crippen molar-refractivity contribution in [1.82, 2.24) is 10.2 Å². The zero-order valence-electron chi connectivity index (χ0n) is 12.7. The lowest BCUT2D eigenvalue weighted by molar-refractivity contribution is -0.119. The molecule has 1 atom stereocenters. The summed E-state index contributed by atoms with van der Waals surface area (Å²) in [5, 5.41) is 3.01. The van der Waals surface area contributed by atoms with Gasteiger partial charge in [-0.15, -0.1) is 0 Å². The number of nitrogens with one attached hydrogen (secondary N) is 1. The Morgan fingerprint density at radius 1 is 1.33 bits per heavy atom. The zero-order chi connectivity index (χ0) is 14.7. The average Bonchev–Trinajstić information content (AvgIpc) is 2.48. The monoisotopic (exact) mass is 288 g/mol. The van der Waals surface area contributed by atoms with E-state index in [2.05, 4.69) is 28.4 Å². The molecule has 0 radical (unpaired) electrons. The highest BCUT2D eigenvalue weighted by Gasteiger charge is 2.22. The molecule has 1 amide bonds. The Labute approximate surface area is 126 Å². The molecule has 1 saturated heterocycles. The first-order valence-electron chi connectivity index (χ1n) is 7.97. The summed E-state index contributed by atoms with van der Waals surface area (Å²) in [6.45, 7) is 5.64. The predicted molar refractivity (Wildman–Crippen MR) is 82.2 cm³/mol. The smallest absolute Gasteiger partial charge is 0.217 e. The molecule has 2 aliphatic heterocycles. The molecule has 0 aliphatic carbocycles. The molecule has 1 N–H and O–H groups in total. The fraction of sp³-hybridized carbons (Fsp3) is 0.588. The number of carbonyl (C=O) groups is 1. The van der Waals surface area contributed by atoms with Gasteiger partial charge in [0.15, 0.2) is 0 Å². The maximum Gasteiger partial charge on any atom is 0.217 e. The summed E-state index contributed by atoms with van der Waals surface area (Å²) < 4.78 is 5.80. The second-order valence-corrected chi connectivity index (χ2v) is 6.10. The van der Waals surface area contributed by atoms with Crippen LogP contribution in [0.2, 0.25) is 0 Å². The lowest BCUT2D eigenvalue weighted by Crippen LogP contribution is -2.31. The molecule has 1 aromatic carbocycles. The molecular formula is C17H24N2O2. The van der Waals surface area contributed by atoms with Crippen molar-refractivity contribution in [3.05, 3.63) is 29.3 Å². The van der Waals surface area contributed by atoms with E-state index in [9.17, 15) is 4.79 Å². The molecule has 0 bridgehead atoms. The van der Waals surface area contributed by atoms with E-state index in [1.807, 2.05) is 0 Å². The van der Waals surface area contributed by atoms with Crippen LogP contribution in [-0.4, -0.2) is 30.5 Å².